The van der Waals surface area contributed by atoms with E-state index in [2.05, 4.69) is 10.6 Å². The second-order valence-electron chi connectivity index (χ2n) is 4.58. The molecule has 0 aliphatic carbocycles. The number of nitrogens with one attached hydrogen (secondary N) is 2. The Morgan fingerprint density at radius 3 is 2.30 bits per heavy atom. The number of benzene rings is 2. The van der Waals surface area contributed by atoms with E-state index >= 15 is 0 Å². The van der Waals surface area contributed by atoms with E-state index < -0.39 is 11.7 Å². The monoisotopic (exact) mass is 340 g/mol. The van der Waals surface area contributed by atoms with Crippen LogP contribution in [0.3, 0.4) is 0 Å². The minimum atomic E-state index is -4.35. The Morgan fingerprint density at radius 2 is 1.70 bits per heavy atom. The molecule has 0 fully saturated rings. The van der Waals surface area contributed by atoms with Crippen molar-refractivity contribution in [3.63, 3.8) is 0 Å². The molecule has 0 aliphatic heterocycles. The van der Waals surface area contributed by atoms with Gasteiger partial charge in [0.25, 0.3) is 0 Å². The predicted octanol–water partition coefficient (Wildman–Crippen LogP) is 4.91. The highest BCUT2D eigenvalue weighted by Gasteiger charge is 2.29. The summed E-state index contributed by atoms with van der Waals surface area (Å²) in [4.78, 5) is 0. The van der Waals surface area contributed by atoms with Gasteiger partial charge in [0.2, 0.25) is 0 Å². The van der Waals surface area contributed by atoms with E-state index in [1.165, 1.54) is 12.1 Å². The Labute approximate surface area is 137 Å². The molecule has 0 saturated carbocycles. The predicted molar refractivity (Wildman–Crippen MR) is 88.9 cm³/mol. The molecule has 0 bridgehead atoms. The van der Waals surface area contributed by atoms with Crippen LogP contribution >= 0.6 is 12.2 Å². The summed E-state index contributed by atoms with van der Waals surface area (Å²) in [6.07, 6.45) is -4.35. The highest BCUT2D eigenvalue weighted by molar-refractivity contribution is 7.80. The number of hydrogen-bond donors (Lipinski definition) is 2. The van der Waals surface area contributed by atoms with Crippen LogP contribution in [-0.2, 0) is 6.18 Å². The number of ether oxygens (including phenoxy) is 1. The molecule has 0 spiro atoms. The molecule has 0 saturated heterocycles. The maximum absolute atomic E-state index is 12.5. The van der Waals surface area contributed by atoms with Crippen LogP contribution in [0, 0.1) is 0 Å². The van der Waals surface area contributed by atoms with Gasteiger partial charge in [-0.25, -0.2) is 0 Å². The molecule has 0 unspecified atom stereocenters. The summed E-state index contributed by atoms with van der Waals surface area (Å²) < 4.78 is 43.0. The number of alkyl halides is 3. The molecule has 2 aromatic rings. The second kappa shape index (κ2) is 7.32. The van der Waals surface area contributed by atoms with E-state index in [-0.39, 0.29) is 5.11 Å². The average molecular weight is 340 g/mol. The minimum Gasteiger partial charge on any atom is -0.492 e. The molecule has 0 aliphatic rings. The zero-order valence-electron chi connectivity index (χ0n) is 12.3. The van der Waals surface area contributed by atoms with Crippen molar-refractivity contribution in [3.8, 4) is 5.75 Å². The molecule has 2 N–H and O–H groups in total. The Morgan fingerprint density at radius 1 is 1.04 bits per heavy atom. The Bertz CT molecular complexity index is 672. The van der Waals surface area contributed by atoms with Gasteiger partial charge in [-0.3, -0.25) is 0 Å². The first-order chi connectivity index (χ1) is 10.9. The molecular weight excluding hydrogens is 325 g/mol. The van der Waals surface area contributed by atoms with Crippen LogP contribution in [0.5, 0.6) is 5.75 Å². The van der Waals surface area contributed by atoms with Gasteiger partial charge in [-0.05, 0) is 55.5 Å². The van der Waals surface area contributed by atoms with Gasteiger partial charge in [-0.15, -0.1) is 0 Å². The van der Waals surface area contributed by atoms with Crippen molar-refractivity contribution in [2.75, 3.05) is 17.2 Å². The van der Waals surface area contributed by atoms with Gasteiger partial charge in [-0.1, -0.05) is 12.1 Å². The minimum absolute atomic E-state index is 0.261. The maximum atomic E-state index is 12.5. The molecule has 0 heterocycles. The van der Waals surface area contributed by atoms with Gasteiger partial charge in [0.05, 0.1) is 17.9 Å². The molecule has 7 heteroatoms. The van der Waals surface area contributed by atoms with Crippen LogP contribution in [0.4, 0.5) is 24.5 Å². The number of hydrogen-bond acceptors (Lipinski definition) is 2. The Kier molecular flexibility index (Phi) is 5.44. The van der Waals surface area contributed by atoms with E-state index in [1.54, 1.807) is 12.1 Å². The van der Waals surface area contributed by atoms with E-state index in [9.17, 15) is 13.2 Å². The normalized spacial score (nSPS) is 11.0. The molecule has 0 amide bonds. The summed E-state index contributed by atoms with van der Waals surface area (Å²) in [6.45, 7) is 2.38. The lowest BCUT2D eigenvalue weighted by Gasteiger charge is -2.14. The Hall–Kier alpha value is -2.28. The van der Waals surface area contributed by atoms with Crippen molar-refractivity contribution in [1.29, 1.82) is 0 Å². The highest BCUT2D eigenvalue weighted by Crippen LogP contribution is 2.30. The lowest BCUT2D eigenvalue weighted by atomic mass is 10.2. The lowest BCUT2D eigenvalue weighted by molar-refractivity contribution is -0.137. The zero-order valence-corrected chi connectivity index (χ0v) is 13.1. The van der Waals surface area contributed by atoms with E-state index in [0.717, 1.165) is 12.1 Å². The first-order valence-electron chi connectivity index (χ1n) is 6.87. The number of rotatable bonds is 4. The third kappa shape index (κ3) is 4.85. The van der Waals surface area contributed by atoms with Gasteiger partial charge < -0.3 is 15.4 Å². The van der Waals surface area contributed by atoms with Crippen LogP contribution in [0.15, 0.2) is 48.5 Å². The van der Waals surface area contributed by atoms with Crippen LogP contribution in [-0.4, -0.2) is 11.7 Å². The van der Waals surface area contributed by atoms with E-state index in [0.29, 0.717) is 23.7 Å². The van der Waals surface area contributed by atoms with E-state index in [4.69, 9.17) is 17.0 Å². The van der Waals surface area contributed by atoms with Crippen molar-refractivity contribution in [3.05, 3.63) is 54.1 Å². The van der Waals surface area contributed by atoms with Gasteiger partial charge in [0.15, 0.2) is 5.11 Å². The van der Waals surface area contributed by atoms with Gasteiger partial charge in [0.1, 0.15) is 5.75 Å². The summed E-state index contributed by atoms with van der Waals surface area (Å²) in [7, 11) is 0. The quantitative estimate of drug-likeness (QED) is 0.775. The summed E-state index contributed by atoms with van der Waals surface area (Å²) >= 11 is 5.17. The summed E-state index contributed by atoms with van der Waals surface area (Å²) in [6, 6.07) is 11.9. The van der Waals surface area contributed by atoms with Gasteiger partial charge >= 0.3 is 6.18 Å². The topological polar surface area (TPSA) is 33.3 Å². The standard InChI is InChI=1S/C16H15F3N2OS/c1-2-22-14-6-4-3-5-13(14)21-15(23)20-12-9-7-11(8-10-12)16(17,18)19/h3-10H,2H2,1H3,(H2,20,21,23). The van der Waals surface area contributed by atoms with Crippen LogP contribution < -0.4 is 15.4 Å². The SMILES string of the molecule is CCOc1ccccc1NC(=S)Nc1ccc(C(F)(F)F)cc1. The van der Waals surface area contributed by atoms with E-state index in [1.807, 2.05) is 19.1 Å². The summed E-state index contributed by atoms with van der Waals surface area (Å²) in [5, 5.41) is 6.06. The fraction of sp³-hybridized carbons (Fsp3) is 0.188. The smallest absolute Gasteiger partial charge is 0.416 e. The number of thiocarbonyl (C=S) groups is 1. The summed E-state index contributed by atoms with van der Waals surface area (Å²) in [5.74, 6) is 0.645. The molecule has 2 aromatic carbocycles. The number of halogens is 3. The molecule has 122 valence electrons. The number of para-hydroxylation sites is 2. The fourth-order valence-electron chi connectivity index (χ4n) is 1.88. The molecule has 3 nitrogen and oxygen atoms in total. The van der Waals surface area contributed by atoms with Crippen molar-refractivity contribution in [1.82, 2.24) is 0 Å². The van der Waals surface area contributed by atoms with Crippen molar-refractivity contribution < 1.29 is 17.9 Å². The van der Waals surface area contributed by atoms with Gasteiger partial charge in [0, 0.05) is 5.69 Å². The fourth-order valence-corrected chi connectivity index (χ4v) is 2.11. The van der Waals surface area contributed by atoms with Crippen molar-refractivity contribution in [2.45, 2.75) is 13.1 Å². The molecule has 23 heavy (non-hydrogen) atoms. The third-order valence-corrected chi connectivity index (χ3v) is 3.11. The molecular formula is C16H15F3N2OS. The van der Waals surface area contributed by atoms with Gasteiger partial charge in [-0.2, -0.15) is 13.2 Å². The average Bonchev–Trinajstić information content (AvgIpc) is 2.49. The maximum Gasteiger partial charge on any atom is 0.416 e. The first-order valence-corrected chi connectivity index (χ1v) is 7.28. The van der Waals surface area contributed by atoms with Crippen molar-refractivity contribution >= 4 is 28.7 Å². The van der Waals surface area contributed by atoms with Crippen molar-refractivity contribution in [2.24, 2.45) is 0 Å². The third-order valence-electron chi connectivity index (χ3n) is 2.91. The molecule has 0 atom stereocenters. The molecule has 2 rings (SSSR count). The lowest BCUT2D eigenvalue weighted by Crippen LogP contribution is -2.19. The second-order valence-corrected chi connectivity index (χ2v) is 4.99. The summed E-state index contributed by atoms with van der Waals surface area (Å²) in [5.41, 5.74) is 0.437. The molecule has 0 radical (unpaired) electrons. The first kappa shape index (κ1) is 17.1. The van der Waals surface area contributed by atoms with Crippen LogP contribution in [0.2, 0.25) is 0 Å². The molecule has 0 aromatic heterocycles. The van der Waals surface area contributed by atoms with Crippen LogP contribution in [0.1, 0.15) is 12.5 Å². The highest BCUT2D eigenvalue weighted by atomic mass is 32.1. The number of anilines is 2. The Balaban J connectivity index is 2.03. The van der Waals surface area contributed by atoms with Crippen LogP contribution in [0.25, 0.3) is 0 Å². The zero-order chi connectivity index (χ0) is 16.9. The largest absolute Gasteiger partial charge is 0.492 e.